The highest BCUT2D eigenvalue weighted by Crippen LogP contribution is 2.36. The van der Waals surface area contributed by atoms with Gasteiger partial charge in [0.15, 0.2) is 0 Å². The van der Waals surface area contributed by atoms with E-state index in [2.05, 4.69) is 0 Å². The van der Waals surface area contributed by atoms with Crippen molar-refractivity contribution in [3.8, 4) is 0 Å². The number of hydrogen-bond donors (Lipinski definition) is 1. The molecule has 2 unspecified atom stereocenters. The molecule has 2 N–H and O–H groups in total. The minimum absolute atomic E-state index is 0.00875. The molecule has 0 rings (SSSR count). The lowest BCUT2D eigenvalue weighted by atomic mass is 10.0. The molecule has 0 amide bonds. The maximum Gasteiger partial charge on any atom is 0.303 e. The Labute approximate surface area is 116 Å². The van der Waals surface area contributed by atoms with Crippen LogP contribution in [-0.2, 0) is 9.47 Å². The summed E-state index contributed by atoms with van der Waals surface area (Å²) in [5.41, 5.74) is -0.898. The Hall–Kier alpha value is -0.310. The van der Waals surface area contributed by atoms with E-state index in [1.165, 1.54) is 7.11 Å². The van der Waals surface area contributed by atoms with Gasteiger partial charge < -0.3 is 9.47 Å². The van der Waals surface area contributed by atoms with Crippen molar-refractivity contribution >= 4 is 0 Å². The molecule has 0 saturated heterocycles. The van der Waals surface area contributed by atoms with Crippen LogP contribution in [0.2, 0.25) is 0 Å². The molecule has 0 spiro atoms. The highest BCUT2D eigenvalue weighted by molar-refractivity contribution is 4.95. The normalized spacial score (nSPS) is 18.9. The van der Waals surface area contributed by atoms with Gasteiger partial charge in [0.1, 0.15) is 5.66 Å². The van der Waals surface area contributed by atoms with Crippen LogP contribution >= 0.6 is 0 Å². The minimum atomic E-state index is -1.71. The molecule has 0 aliphatic heterocycles. The molecule has 0 bridgehead atoms. The van der Waals surface area contributed by atoms with Gasteiger partial charge in [0.25, 0.3) is 0 Å². The fourth-order valence-electron chi connectivity index (χ4n) is 2.54. The fraction of sp³-hybridized carbons (Fsp3) is 1.00. The SMILES string of the molecule is CCOC(OC)(N(N)F)C(C)(N(C)C)N(CC)CC. The molecule has 0 heterocycles. The molecule has 116 valence electrons. The molecule has 0 radical (unpaired) electrons. The zero-order valence-corrected chi connectivity index (χ0v) is 13.2. The first-order valence-electron chi connectivity index (χ1n) is 6.60. The quantitative estimate of drug-likeness (QED) is 0.294. The van der Waals surface area contributed by atoms with Crippen LogP contribution in [0, 0.1) is 0 Å². The second-order valence-electron chi connectivity index (χ2n) is 4.62. The average molecular weight is 280 g/mol. The van der Waals surface area contributed by atoms with Crippen LogP contribution in [0.5, 0.6) is 0 Å². The van der Waals surface area contributed by atoms with E-state index >= 15 is 0 Å². The summed E-state index contributed by atoms with van der Waals surface area (Å²) in [6.45, 7) is 9.30. The summed E-state index contributed by atoms with van der Waals surface area (Å²) in [7, 11) is 5.07. The van der Waals surface area contributed by atoms with Crippen molar-refractivity contribution in [2.45, 2.75) is 39.3 Å². The number of hydrazine groups is 1. The number of halogens is 1. The zero-order chi connectivity index (χ0) is 15.3. The van der Waals surface area contributed by atoms with Crippen LogP contribution in [0.3, 0.4) is 0 Å². The molecule has 0 aromatic heterocycles. The lowest BCUT2D eigenvalue weighted by molar-refractivity contribution is -0.422. The number of ether oxygens (including phenoxy) is 2. The average Bonchev–Trinajstić information content (AvgIpc) is 2.36. The van der Waals surface area contributed by atoms with E-state index < -0.39 is 11.6 Å². The Kier molecular flexibility index (Phi) is 7.34. The lowest BCUT2D eigenvalue weighted by Gasteiger charge is -2.55. The van der Waals surface area contributed by atoms with Crippen molar-refractivity contribution in [2.24, 2.45) is 5.84 Å². The van der Waals surface area contributed by atoms with Crippen molar-refractivity contribution in [2.75, 3.05) is 40.9 Å². The van der Waals surface area contributed by atoms with Gasteiger partial charge in [-0.05, 0) is 46.3 Å². The summed E-state index contributed by atoms with van der Waals surface area (Å²) in [5, 5.41) is 0.00875. The molecular formula is C12H29FN4O2. The van der Waals surface area contributed by atoms with Crippen LogP contribution in [0.4, 0.5) is 4.48 Å². The first-order chi connectivity index (χ1) is 8.78. The Morgan fingerprint density at radius 2 is 1.63 bits per heavy atom. The summed E-state index contributed by atoms with van der Waals surface area (Å²) in [4.78, 5) is 3.88. The predicted octanol–water partition coefficient (Wildman–Crippen LogP) is 1.00. The van der Waals surface area contributed by atoms with Gasteiger partial charge in [0.2, 0.25) is 0 Å². The summed E-state index contributed by atoms with van der Waals surface area (Å²) in [6, 6.07) is 0. The third kappa shape index (κ3) is 3.07. The van der Waals surface area contributed by atoms with Gasteiger partial charge in [0, 0.05) is 13.7 Å². The largest absolute Gasteiger partial charge is 0.335 e. The molecule has 2 atom stereocenters. The van der Waals surface area contributed by atoms with Crippen LogP contribution in [0.1, 0.15) is 27.7 Å². The number of nitrogens with zero attached hydrogens (tertiary/aromatic N) is 3. The first-order valence-corrected chi connectivity index (χ1v) is 6.60. The second kappa shape index (κ2) is 7.47. The van der Waals surface area contributed by atoms with Crippen LogP contribution in [-0.4, -0.2) is 67.5 Å². The molecule has 0 fully saturated rings. The third-order valence-electron chi connectivity index (χ3n) is 3.75. The number of rotatable bonds is 9. The lowest BCUT2D eigenvalue weighted by Crippen LogP contribution is -2.76. The van der Waals surface area contributed by atoms with E-state index in [0.717, 1.165) is 0 Å². The van der Waals surface area contributed by atoms with E-state index in [9.17, 15) is 4.48 Å². The maximum absolute atomic E-state index is 14.0. The van der Waals surface area contributed by atoms with Gasteiger partial charge in [-0.3, -0.25) is 9.80 Å². The molecular weight excluding hydrogens is 251 g/mol. The highest BCUT2D eigenvalue weighted by Gasteiger charge is 2.59. The molecule has 19 heavy (non-hydrogen) atoms. The third-order valence-corrected chi connectivity index (χ3v) is 3.75. The van der Waals surface area contributed by atoms with Crippen LogP contribution in [0.15, 0.2) is 0 Å². The Balaban J connectivity index is 5.89. The van der Waals surface area contributed by atoms with E-state index in [1.807, 2.05) is 44.7 Å². The van der Waals surface area contributed by atoms with E-state index in [4.69, 9.17) is 15.3 Å². The highest BCUT2D eigenvalue weighted by atomic mass is 19.2. The Morgan fingerprint density at radius 1 is 1.16 bits per heavy atom. The zero-order valence-electron chi connectivity index (χ0n) is 13.2. The first kappa shape index (κ1) is 18.7. The topological polar surface area (TPSA) is 54.2 Å². The molecule has 7 heteroatoms. The van der Waals surface area contributed by atoms with E-state index in [1.54, 1.807) is 6.92 Å². The molecule has 0 aromatic rings. The molecule has 0 saturated carbocycles. The van der Waals surface area contributed by atoms with Crippen molar-refractivity contribution in [3.63, 3.8) is 0 Å². The summed E-state index contributed by atoms with van der Waals surface area (Å²) >= 11 is 0. The molecule has 6 nitrogen and oxygen atoms in total. The Bertz CT molecular complexity index is 264. The molecule has 0 aliphatic rings. The number of methoxy groups -OCH3 is 1. The van der Waals surface area contributed by atoms with Gasteiger partial charge in [-0.25, -0.2) is 5.84 Å². The van der Waals surface area contributed by atoms with Gasteiger partial charge >= 0.3 is 5.91 Å². The summed E-state index contributed by atoms with van der Waals surface area (Å²) < 4.78 is 24.9. The van der Waals surface area contributed by atoms with Crippen molar-refractivity contribution in [1.29, 1.82) is 0 Å². The van der Waals surface area contributed by atoms with Gasteiger partial charge in [-0.1, -0.05) is 13.8 Å². The van der Waals surface area contributed by atoms with Crippen molar-refractivity contribution in [3.05, 3.63) is 0 Å². The standard InChI is InChI=1S/C12H29FN4O2/c1-8-16(9-2)11(4,15(5)6)12(18-7,17(13)14)19-10-3/h8-10,14H2,1-7H3. The molecule has 0 aliphatic carbocycles. The number of hydrogen-bond acceptors (Lipinski definition) is 6. The number of nitrogens with two attached hydrogens (primary N) is 1. The van der Waals surface area contributed by atoms with Gasteiger partial charge in [-0.15, -0.1) is 4.48 Å². The van der Waals surface area contributed by atoms with Crippen LogP contribution < -0.4 is 5.84 Å². The summed E-state index contributed by atoms with van der Waals surface area (Å²) in [6.07, 6.45) is 0. The van der Waals surface area contributed by atoms with Gasteiger partial charge in [0.05, 0.1) is 0 Å². The van der Waals surface area contributed by atoms with Crippen LogP contribution in [0.25, 0.3) is 0 Å². The summed E-state index contributed by atoms with van der Waals surface area (Å²) in [5.74, 6) is 3.69. The van der Waals surface area contributed by atoms with Crippen molar-refractivity contribution < 1.29 is 14.0 Å². The van der Waals surface area contributed by atoms with Gasteiger partial charge in [-0.2, -0.15) is 0 Å². The minimum Gasteiger partial charge on any atom is -0.335 e. The second-order valence-corrected chi connectivity index (χ2v) is 4.62. The predicted molar refractivity (Wildman–Crippen MR) is 73.5 cm³/mol. The maximum atomic E-state index is 14.0. The molecule has 0 aromatic carbocycles. The van der Waals surface area contributed by atoms with E-state index in [0.29, 0.717) is 13.1 Å². The smallest absolute Gasteiger partial charge is 0.303 e. The fourth-order valence-corrected chi connectivity index (χ4v) is 2.54. The van der Waals surface area contributed by atoms with Crippen molar-refractivity contribution in [1.82, 2.24) is 15.0 Å². The van der Waals surface area contributed by atoms with E-state index in [-0.39, 0.29) is 11.8 Å². The Morgan fingerprint density at radius 3 is 1.84 bits per heavy atom. The monoisotopic (exact) mass is 280 g/mol. The number of likely N-dealkylation sites (N-methyl/N-ethyl adjacent to an activating group) is 2.